The lowest BCUT2D eigenvalue weighted by atomic mass is 9.91. The largest absolute Gasteiger partial charge is 0.481 e. The molecule has 3 rings (SSSR count). The number of pyridine rings is 1. The van der Waals surface area contributed by atoms with Crippen LogP contribution in [0, 0.1) is 0 Å². The summed E-state index contributed by atoms with van der Waals surface area (Å²) in [6, 6.07) is 24.9. The van der Waals surface area contributed by atoms with E-state index in [0.29, 0.717) is 12.4 Å². The van der Waals surface area contributed by atoms with Crippen LogP contribution in [-0.4, -0.2) is 31.6 Å². The van der Waals surface area contributed by atoms with Crippen LogP contribution in [0.1, 0.15) is 22.6 Å². The first kappa shape index (κ1) is 22.7. The Hall–Kier alpha value is -2.61. The summed E-state index contributed by atoms with van der Waals surface area (Å²) in [6.45, 7) is 1.38. The van der Waals surface area contributed by atoms with E-state index in [-0.39, 0.29) is 29.9 Å². The van der Waals surface area contributed by atoms with Gasteiger partial charge in [-0.3, -0.25) is 4.99 Å². The molecule has 0 unspecified atom stereocenters. The fourth-order valence-electron chi connectivity index (χ4n) is 3.04. The first-order chi connectivity index (χ1) is 13.8. The van der Waals surface area contributed by atoms with Gasteiger partial charge in [0.15, 0.2) is 5.96 Å². The highest BCUT2D eigenvalue weighted by molar-refractivity contribution is 14.0. The second kappa shape index (κ2) is 12.1. The van der Waals surface area contributed by atoms with Crippen molar-refractivity contribution >= 4 is 29.9 Å². The van der Waals surface area contributed by atoms with Gasteiger partial charge >= 0.3 is 0 Å². The molecule has 2 aromatic carbocycles. The number of nitrogens with one attached hydrogen (secondary N) is 2. The van der Waals surface area contributed by atoms with E-state index in [0.717, 1.165) is 18.1 Å². The smallest absolute Gasteiger partial charge is 0.212 e. The summed E-state index contributed by atoms with van der Waals surface area (Å²) in [5, 5.41) is 6.79. The number of benzene rings is 2. The topological polar surface area (TPSA) is 58.5 Å². The molecule has 0 spiro atoms. The van der Waals surface area contributed by atoms with Gasteiger partial charge in [0.2, 0.25) is 5.88 Å². The van der Waals surface area contributed by atoms with Crippen LogP contribution in [0.2, 0.25) is 0 Å². The van der Waals surface area contributed by atoms with Gasteiger partial charge in [0.25, 0.3) is 0 Å². The van der Waals surface area contributed by atoms with Crippen LogP contribution in [-0.2, 0) is 6.54 Å². The first-order valence-electron chi connectivity index (χ1n) is 9.33. The van der Waals surface area contributed by atoms with Crippen molar-refractivity contribution in [3.05, 3.63) is 95.7 Å². The minimum atomic E-state index is 0. The van der Waals surface area contributed by atoms with Crippen LogP contribution in [0.3, 0.4) is 0 Å². The van der Waals surface area contributed by atoms with Gasteiger partial charge in [-0.15, -0.1) is 24.0 Å². The number of rotatable bonds is 7. The van der Waals surface area contributed by atoms with Gasteiger partial charge in [-0.2, -0.15) is 0 Å². The Morgan fingerprint density at radius 1 is 0.931 bits per heavy atom. The monoisotopic (exact) mass is 502 g/mol. The Kier molecular flexibility index (Phi) is 9.43. The Labute approximate surface area is 189 Å². The molecular formula is C23H27IN4O. The summed E-state index contributed by atoms with van der Waals surface area (Å²) < 4.78 is 5.10. The van der Waals surface area contributed by atoms with Crippen LogP contribution in [0.15, 0.2) is 84.0 Å². The third-order valence-electron chi connectivity index (χ3n) is 4.57. The van der Waals surface area contributed by atoms with Crippen LogP contribution in [0.5, 0.6) is 5.88 Å². The molecule has 0 aliphatic rings. The molecule has 0 radical (unpaired) electrons. The number of methoxy groups -OCH3 is 1. The highest BCUT2D eigenvalue weighted by Crippen LogP contribution is 2.23. The van der Waals surface area contributed by atoms with Crippen LogP contribution >= 0.6 is 24.0 Å². The summed E-state index contributed by atoms with van der Waals surface area (Å²) in [7, 11) is 3.39. The van der Waals surface area contributed by atoms with E-state index in [1.54, 1.807) is 20.4 Å². The maximum Gasteiger partial charge on any atom is 0.212 e. The minimum absolute atomic E-state index is 0. The number of guanidine groups is 1. The summed E-state index contributed by atoms with van der Waals surface area (Å²) in [5.74, 6) is 1.61. The van der Waals surface area contributed by atoms with Crippen LogP contribution < -0.4 is 15.4 Å². The molecule has 1 heterocycles. The fraction of sp³-hybridized carbons (Fsp3) is 0.217. The SMILES string of the molecule is CN=C(NCc1ccc(OC)nc1)NCC(c1ccccc1)c1ccccc1.I. The van der Waals surface area contributed by atoms with Gasteiger partial charge in [-0.05, 0) is 16.7 Å². The van der Waals surface area contributed by atoms with E-state index >= 15 is 0 Å². The molecule has 0 fully saturated rings. The van der Waals surface area contributed by atoms with Crippen LogP contribution in [0.4, 0.5) is 0 Å². The molecule has 0 atom stereocenters. The normalized spacial score (nSPS) is 10.9. The Balaban J connectivity index is 0.00000300. The van der Waals surface area contributed by atoms with Gasteiger partial charge < -0.3 is 15.4 Å². The summed E-state index contributed by atoms with van der Waals surface area (Å²) >= 11 is 0. The Morgan fingerprint density at radius 2 is 1.55 bits per heavy atom. The van der Waals surface area contributed by atoms with Crippen molar-refractivity contribution < 1.29 is 4.74 Å². The summed E-state index contributed by atoms with van der Waals surface area (Å²) in [6.07, 6.45) is 1.80. The number of aliphatic imine (C=N–C) groups is 1. The molecule has 1 aromatic heterocycles. The van der Waals surface area contributed by atoms with Crippen molar-refractivity contribution in [2.45, 2.75) is 12.5 Å². The average molecular weight is 502 g/mol. The molecular weight excluding hydrogens is 475 g/mol. The maximum absolute atomic E-state index is 5.10. The molecule has 0 aliphatic heterocycles. The number of nitrogens with zero attached hydrogens (tertiary/aromatic N) is 2. The van der Waals surface area contributed by atoms with Gasteiger partial charge in [0, 0.05) is 38.3 Å². The first-order valence-corrected chi connectivity index (χ1v) is 9.33. The second-order valence-corrected chi connectivity index (χ2v) is 6.39. The molecule has 6 heteroatoms. The molecule has 3 aromatic rings. The molecule has 0 bridgehead atoms. The molecule has 0 saturated carbocycles. The van der Waals surface area contributed by atoms with E-state index in [1.165, 1.54) is 11.1 Å². The van der Waals surface area contributed by atoms with Gasteiger partial charge in [-0.1, -0.05) is 66.7 Å². The van der Waals surface area contributed by atoms with Gasteiger partial charge in [-0.25, -0.2) is 4.98 Å². The zero-order valence-electron chi connectivity index (χ0n) is 16.7. The summed E-state index contributed by atoms with van der Waals surface area (Å²) in [5.41, 5.74) is 3.61. The van der Waals surface area contributed by atoms with E-state index in [9.17, 15) is 0 Å². The number of hydrogen-bond acceptors (Lipinski definition) is 3. The standard InChI is InChI=1S/C23H26N4O.HI/c1-24-23(26-16-18-13-14-22(28-2)25-15-18)27-17-21(19-9-5-3-6-10-19)20-11-7-4-8-12-20;/h3-15,21H,16-17H2,1-2H3,(H2,24,26,27);1H. The van der Waals surface area contributed by atoms with E-state index < -0.39 is 0 Å². The second-order valence-electron chi connectivity index (χ2n) is 6.39. The van der Waals surface area contributed by atoms with Crippen molar-refractivity contribution in [2.75, 3.05) is 20.7 Å². The molecule has 152 valence electrons. The lowest BCUT2D eigenvalue weighted by molar-refractivity contribution is 0.397. The molecule has 2 N–H and O–H groups in total. The highest BCUT2D eigenvalue weighted by atomic mass is 127. The number of halogens is 1. The van der Waals surface area contributed by atoms with Crippen molar-refractivity contribution in [1.29, 1.82) is 0 Å². The molecule has 29 heavy (non-hydrogen) atoms. The van der Waals surface area contributed by atoms with E-state index in [4.69, 9.17) is 4.74 Å². The molecule has 0 amide bonds. The average Bonchev–Trinajstić information content (AvgIpc) is 2.78. The fourth-order valence-corrected chi connectivity index (χ4v) is 3.04. The van der Waals surface area contributed by atoms with E-state index in [1.807, 2.05) is 24.3 Å². The van der Waals surface area contributed by atoms with Crippen molar-refractivity contribution in [3.8, 4) is 5.88 Å². The van der Waals surface area contributed by atoms with Crippen molar-refractivity contribution in [2.24, 2.45) is 4.99 Å². The summed E-state index contributed by atoms with van der Waals surface area (Å²) in [4.78, 5) is 8.58. The predicted molar refractivity (Wildman–Crippen MR) is 129 cm³/mol. The quantitative estimate of drug-likeness (QED) is 0.289. The van der Waals surface area contributed by atoms with E-state index in [2.05, 4.69) is 69.1 Å². The lowest BCUT2D eigenvalue weighted by Crippen LogP contribution is -2.39. The van der Waals surface area contributed by atoms with Gasteiger partial charge in [0.05, 0.1) is 7.11 Å². The van der Waals surface area contributed by atoms with Gasteiger partial charge in [0.1, 0.15) is 0 Å². The van der Waals surface area contributed by atoms with Crippen molar-refractivity contribution in [3.63, 3.8) is 0 Å². The minimum Gasteiger partial charge on any atom is -0.481 e. The van der Waals surface area contributed by atoms with Crippen molar-refractivity contribution in [1.82, 2.24) is 15.6 Å². The third kappa shape index (κ3) is 6.74. The Morgan fingerprint density at radius 3 is 2.03 bits per heavy atom. The number of aromatic nitrogens is 1. The molecule has 0 aliphatic carbocycles. The number of hydrogen-bond donors (Lipinski definition) is 2. The molecule has 5 nitrogen and oxygen atoms in total. The zero-order chi connectivity index (χ0) is 19.6. The van der Waals surface area contributed by atoms with Crippen LogP contribution in [0.25, 0.3) is 0 Å². The predicted octanol–water partition coefficient (Wildman–Crippen LogP) is 4.21. The third-order valence-corrected chi connectivity index (χ3v) is 4.57. The molecule has 0 saturated heterocycles. The zero-order valence-corrected chi connectivity index (χ0v) is 19.0. The lowest BCUT2D eigenvalue weighted by Gasteiger charge is -2.20. The Bertz CT molecular complexity index is 831. The maximum atomic E-state index is 5.10. The highest BCUT2D eigenvalue weighted by Gasteiger charge is 2.14. The number of ether oxygens (including phenoxy) is 1.